The van der Waals surface area contributed by atoms with E-state index in [9.17, 15) is 0 Å². The van der Waals surface area contributed by atoms with Crippen LogP contribution in [0.3, 0.4) is 0 Å². The lowest BCUT2D eigenvalue weighted by Crippen LogP contribution is -2.57. The van der Waals surface area contributed by atoms with E-state index in [0.717, 1.165) is 11.5 Å². The Hall–Kier alpha value is -5.34. The van der Waals surface area contributed by atoms with E-state index in [1.807, 2.05) is 0 Å². The number of hydrogen-bond donors (Lipinski definition) is 0. The molecule has 2 heteroatoms. The van der Waals surface area contributed by atoms with Crippen LogP contribution in [0.5, 0.6) is 11.5 Å². The molecule has 9 rings (SSSR count). The number of fused-ring (bicyclic) bond motifs is 3. The van der Waals surface area contributed by atoms with Crippen LogP contribution in [0.4, 0.5) is 0 Å². The van der Waals surface area contributed by atoms with Crippen LogP contribution in [-0.4, -0.2) is 6.71 Å². The third-order valence-electron chi connectivity index (χ3n) is 11.6. The lowest BCUT2D eigenvalue weighted by atomic mass is 9.33. The molecule has 0 unspecified atom stereocenters. The van der Waals surface area contributed by atoms with Crippen LogP contribution in [0.2, 0.25) is 0 Å². The van der Waals surface area contributed by atoms with Crippen molar-refractivity contribution in [3.05, 3.63) is 147 Å². The lowest BCUT2D eigenvalue weighted by Gasteiger charge is -2.33. The van der Waals surface area contributed by atoms with Gasteiger partial charge in [-0.3, -0.25) is 0 Å². The molecular weight excluding hydrogens is 615 g/mol. The van der Waals surface area contributed by atoms with E-state index in [0.29, 0.717) is 0 Å². The van der Waals surface area contributed by atoms with Crippen molar-refractivity contribution in [2.24, 2.45) is 0 Å². The molecule has 1 aliphatic heterocycles. The van der Waals surface area contributed by atoms with Crippen molar-refractivity contribution in [1.82, 2.24) is 0 Å². The zero-order valence-corrected chi connectivity index (χ0v) is 31.2. The van der Waals surface area contributed by atoms with Crippen molar-refractivity contribution in [3.63, 3.8) is 0 Å². The number of para-hydroxylation sites is 1. The van der Waals surface area contributed by atoms with Gasteiger partial charge in [0.05, 0.1) is 0 Å². The second-order valence-electron chi connectivity index (χ2n) is 15.4. The molecule has 0 fully saturated rings. The molecule has 0 N–H and O–H groups in total. The Morgan fingerprint density at radius 1 is 0.431 bits per heavy atom. The molecule has 0 aromatic heterocycles. The SMILES string of the molecule is Cc1cc(C)c(B2c3ccccc3Oc3c2c(-c2c(C)cc(C)cc2C)c2ccc4ccc(-c5c(C)cc(C)cc5C)c5ccc3c2c45)c(C)c1. The number of ether oxygens (including phenoxy) is 1. The van der Waals surface area contributed by atoms with Gasteiger partial charge in [0.1, 0.15) is 11.5 Å². The van der Waals surface area contributed by atoms with Gasteiger partial charge in [0.2, 0.25) is 0 Å². The molecular formula is C49H43BO. The quantitative estimate of drug-likeness (QED) is 0.136. The van der Waals surface area contributed by atoms with Gasteiger partial charge in [-0.2, -0.15) is 0 Å². The van der Waals surface area contributed by atoms with E-state index < -0.39 is 0 Å². The van der Waals surface area contributed by atoms with Crippen LogP contribution in [-0.2, 0) is 0 Å². The van der Waals surface area contributed by atoms with Crippen molar-refractivity contribution in [1.29, 1.82) is 0 Å². The van der Waals surface area contributed by atoms with E-state index in [1.165, 1.54) is 121 Å². The molecule has 1 aliphatic rings. The summed E-state index contributed by atoms with van der Waals surface area (Å²) in [6.07, 6.45) is 0. The van der Waals surface area contributed by atoms with Gasteiger partial charge < -0.3 is 4.74 Å². The van der Waals surface area contributed by atoms with Crippen molar-refractivity contribution in [2.75, 3.05) is 0 Å². The molecule has 0 saturated carbocycles. The first-order valence-corrected chi connectivity index (χ1v) is 18.3. The summed E-state index contributed by atoms with van der Waals surface area (Å²) >= 11 is 0. The molecule has 248 valence electrons. The van der Waals surface area contributed by atoms with Gasteiger partial charge in [-0.25, -0.2) is 0 Å². The van der Waals surface area contributed by atoms with Gasteiger partial charge in [0, 0.05) is 10.8 Å². The highest BCUT2D eigenvalue weighted by atomic mass is 16.5. The van der Waals surface area contributed by atoms with E-state index in [1.54, 1.807) is 0 Å². The fourth-order valence-electron chi connectivity index (χ4n) is 10.0. The molecule has 51 heavy (non-hydrogen) atoms. The van der Waals surface area contributed by atoms with Crippen molar-refractivity contribution in [2.45, 2.75) is 62.3 Å². The fraction of sp³-hybridized carbons (Fsp3) is 0.184. The van der Waals surface area contributed by atoms with E-state index >= 15 is 0 Å². The molecule has 1 nitrogen and oxygen atoms in total. The summed E-state index contributed by atoms with van der Waals surface area (Å²) in [7, 11) is 0. The van der Waals surface area contributed by atoms with Gasteiger partial charge in [-0.15, -0.1) is 0 Å². The first-order chi connectivity index (χ1) is 24.5. The highest BCUT2D eigenvalue weighted by molar-refractivity contribution is 6.98. The maximum absolute atomic E-state index is 7.22. The normalized spacial score (nSPS) is 12.5. The molecule has 0 radical (unpaired) electrons. The minimum absolute atomic E-state index is 0.0102. The van der Waals surface area contributed by atoms with Crippen LogP contribution < -0.4 is 21.1 Å². The van der Waals surface area contributed by atoms with Gasteiger partial charge in [0.25, 0.3) is 6.71 Å². The van der Waals surface area contributed by atoms with Gasteiger partial charge in [-0.05, 0) is 151 Å². The number of hydrogen-bond acceptors (Lipinski definition) is 1. The summed E-state index contributed by atoms with van der Waals surface area (Å²) in [5.41, 5.74) is 20.9. The van der Waals surface area contributed by atoms with Gasteiger partial charge >= 0.3 is 0 Å². The van der Waals surface area contributed by atoms with E-state index in [2.05, 4.69) is 159 Å². The minimum atomic E-state index is 0.0102. The standard InChI is InChI=1S/C49H43BO/c1-26-20-29(4)42(30(5)21-26)36-16-14-35-15-17-38-45-39(19-18-37(36)44(35)45)49-48(46(38)43-31(6)22-27(2)23-32(43)7)50(40-12-10-11-13-41(40)51-49)47-33(8)24-28(3)25-34(47)9/h10-25H,1-9H3. The van der Waals surface area contributed by atoms with E-state index in [-0.39, 0.29) is 6.71 Å². The Morgan fingerprint density at radius 2 is 0.961 bits per heavy atom. The molecule has 1 heterocycles. The largest absolute Gasteiger partial charge is 0.458 e. The van der Waals surface area contributed by atoms with Crippen LogP contribution in [0, 0.1) is 62.3 Å². The van der Waals surface area contributed by atoms with Gasteiger partial charge in [-0.1, -0.05) is 118 Å². The second-order valence-corrected chi connectivity index (χ2v) is 15.4. The first-order valence-electron chi connectivity index (χ1n) is 18.3. The summed E-state index contributed by atoms with van der Waals surface area (Å²) in [6.45, 7) is 20.3. The van der Waals surface area contributed by atoms with Crippen LogP contribution >= 0.6 is 0 Å². The van der Waals surface area contributed by atoms with Crippen molar-refractivity contribution >= 4 is 55.4 Å². The zero-order valence-electron chi connectivity index (χ0n) is 31.2. The van der Waals surface area contributed by atoms with Crippen LogP contribution in [0.1, 0.15) is 50.1 Å². The van der Waals surface area contributed by atoms with Gasteiger partial charge in [0.15, 0.2) is 0 Å². The fourth-order valence-corrected chi connectivity index (χ4v) is 10.0. The maximum atomic E-state index is 7.22. The average molecular weight is 659 g/mol. The number of rotatable bonds is 3. The van der Waals surface area contributed by atoms with E-state index in [4.69, 9.17) is 4.74 Å². The Balaban J connectivity index is 1.50. The molecule has 0 spiro atoms. The zero-order chi connectivity index (χ0) is 35.5. The highest BCUT2D eigenvalue weighted by Gasteiger charge is 2.39. The lowest BCUT2D eigenvalue weighted by molar-refractivity contribution is 0.493. The smallest absolute Gasteiger partial charge is 0.252 e. The third kappa shape index (κ3) is 4.62. The summed E-state index contributed by atoms with van der Waals surface area (Å²) < 4.78 is 7.22. The predicted molar refractivity (Wildman–Crippen MR) is 221 cm³/mol. The molecule has 8 aromatic carbocycles. The number of aryl methyl sites for hydroxylation is 9. The minimum Gasteiger partial charge on any atom is -0.458 e. The summed E-state index contributed by atoms with van der Waals surface area (Å²) in [6, 6.07) is 36.9. The topological polar surface area (TPSA) is 9.23 Å². The molecule has 0 saturated heterocycles. The summed E-state index contributed by atoms with van der Waals surface area (Å²) in [5.74, 6) is 1.93. The first kappa shape index (κ1) is 31.6. The highest BCUT2D eigenvalue weighted by Crippen LogP contribution is 2.48. The monoisotopic (exact) mass is 658 g/mol. The predicted octanol–water partition coefficient (Wildman–Crippen LogP) is 11.3. The molecule has 0 atom stereocenters. The third-order valence-corrected chi connectivity index (χ3v) is 11.6. The molecule has 8 aromatic rings. The Labute approximate surface area is 302 Å². The summed E-state index contributed by atoms with van der Waals surface area (Å²) in [4.78, 5) is 0. The Morgan fingerprint density at radius 3 is 1.61 bits per heavy atom. The average Bonchev–Trinajstić information content (AvgIpc) is 3.06. The van der Waals surface area contributed by atoms with Crippen LogP contribution in [0.25, 0.3) is 54.6 Å². The summed E-state index contributed by atoms with van der Waals surface area (Å²) in [5, 5.41) is 7.63. The Bertz CT molecular complexity index is 2700. The maximum Gasteiger partial charge on any atom is 0.252 e. The van der Waals surface area contributed by atoms with Crippen molar-refractivity contribution in [3.8, 4) is 33.8 Å². The molecule has 0 amide bonds. The van der Waals surface area contributed by atoms with Crippen molar-refractivity contribution < 1.29 is 4.74 Å². The Kier molecular flexibility index (Phi) is 7.03. The molecule has 0 bridgehead atoms. The molecule has 0 aliphatic carbocycles. The number of benzene rings is 8. The van der Waals surface area contributed by atoms with Crippen LogP contribution in [0.15, 0.2) is 97.1 Å². The second kappa shape index (κ2) is 11.3.